The molecule has 0 radical (unpaired) electrons. The zero-order valence-electron chi connectivity index (χ0n) is 7.24. The van der Waals surface area contributed by atoms with Gasteiger partial charge in [-0.05, 0) is 30.7 Å². The molecule has 1 nitrogen and oxygen atoms in total. The lowest BCUT2D eigenvalue weighted by molar-refractivity contribution is 0.414. The van der Waals surface area contributed by atoms with Crippen LogP contribution in [0.3, 0.4) is 0 Å². The summed E-state index contributed by atoms with van der Waals surface area (Å²) in [6.07, 6.45) is 3.99. The third-order valence-corrected chi connectivity index (χ3v) is 1.99. The molecule has 64 valence electrons. The molecule has 0 aliphatic rings. The van der Waals surface area contributed by atoms with Gasteiger partial charge in [0.1, 0.15) is 5.75 Å². The molecule has 0 unspecified atom stereocenters. The molecule has 0 saturated carbocycles. The molecule has 1 aromatic carbocycles. The zero-order valence-corrected chi connectivity index (χ0v) is 8.14. The molecule has 0 aliphatic heterocycles. The summed E-state index contributed by atoms with van der Waals surface area (Å²) in [5.41, 5.74) is 1.08. The minimum Gasteiger partial charge on any atom is -0.497 e. The van der Waals surface area contributed by atoms with E-state index >= 15 is 0 Å². The number of rotatable bonds is 2. The van der Waals surface area contributed by atoms with Crippen molar-refractivity contribution in [2.75, 3.05) is 7.11 Å². The molecular weight excluding hydrogens is 168 g/mol. The van der Waals surface area contributed by atoms with Gasteiger partial charge in [-0.15, -0.1) is 12.6 Å². The van der Waals surface area contributed by atoms with Crippen LogP contribution in [-0.2, 0) is 0 Å². The minimum absolute atomic E-state index is 0.862. The fraction of sp³-hybridized carbons (Fsp3) is 0.200. The first-order chi connectivity index (χ1) is 5.77. The predicted molar refractivity (Wildman–Crippen MR) is 55.0 cm³/mol. The van der Waals surface area contributed by atoms with Crippen LogP contribution >= 0.6 is 12.6 Å². The molecule has 0 atom stereocenters. The smallest absolute Gasteiger partial charge is 0.119 e. The highest BCUT2D eigenvalue weighted by Crippen LogP contribution is 2.21. The quantitative estimate of drug-likeness (QED) is 0.688. The normalized spacial score (nSPS) is 10.6. The Hall–Kier alpha value is -0.890. The van der Waals surface area contributed by atoms with Crippen LogP contribution in [0.4, 0.5) is 0 Å². The molecule has 0 fully saturated rings. The molecule has 0 aliphatic carbocycles. The summed E-state index contributed by atoms with van der Waals surface area (Å²) in [4.78, 5) is 0.967. The van der Waals surface area contributed by atoms with Gasteiger partial charge in [0.05, 0.1) is 7.11 Å². The highest BCUT2D eigenvalue weighted by molar-refractivity contribution is 7.80. The lowest BCUT2D eigenvalue weighted by Gasteiger charge is -2.02. The average Bonchev–Trinajstić information content (AvgIpc) is 2.09. The molecule has 0 bridgehead atoms. The Kier molecular flexibility index (Phi) is 3.23. The molecule has 0 spiro atoms. The predicted octanol–water partition coefficient (Wildman–Crippen LogP) is 3.02. The van der Waals surface area contributed by atoms with Crippen LogP contribution in [0.25, 0.3) is 6.08 Å². The van der Waals surface area contributed by atoms with Gasteiger partial charge in [0.2, 0.25) is 0 Å². The Morgan fingerprint density at radius 2 is 2.17 bits per heavy atom. The third-order valence-electron chi connectivity index (χ3n) is 1.58. The van der Waals surface area contributed by atoms with E-state index in [1.807, 2.05) is 37.3 Å². The minimum atomic E-state index is 0.862. The van der Waals surface area contributed by atoms with Crippen molar-refractivity contribution >= 4 is 18.7 Å². The van der Waals surface area contributed by atoms with E-state index in [2.05, 4.69) is 12.6 Å². The van der Waals surface area contributed by atoms with E-state index in [0.717, 1.165) is 16.2 Å². The number of benzene rings is 1. The lowest BCUT2D eigenvalue weighted by atomic mass is 10.2. The second-order valence-electron chi connectivity index (χ2n) is 2.42. The monoisotopic (exact) mass is 180 g/mol. The highest BCUT2D eigenvalue weighted by Gasteiger charge is 1.96. The van der Waals surface area contributed by atoms with Gasteiger partial charge in [-0.3, -0.25) is 0 Å². The van der Waals surface area contributed by atoms with Crippen molar-refractivity contribution in [3.63, 3.8) is 0 Å². The molecular formula is C10H12OS. The van der Waals surface area contributed by atoms with E-state index < -0.39 is 0 Å². The first-order valence-electron chi connectivity index (χ1n) is 3.77. The molecule has 0 amide bonds. The molecule has 0 N–H and O–H groups in total. The summed E-state index contributed by atoms with van der Waals surface area (Å²) in [7, 11) is 1.66. The number of methoxy groups -OCH3 is 1. The van der Waals surface area contributed by atoms with Gasteiger partial charge in [-0.1, -0.05) is 12.2 Å². The summed E-state index contributed by atoms with van der Waals surface area (Å²) in [6.45, 7) is 1.98. The van der Waals surface area contributed by atoms with Crippen LogP contribution in [0.2, 0.25) is 0 Å². The van der Waals surface area contributed by atoms with E-state index in [9.17, 15) is 0 Å². The zero-order chi connectivity index (χ0) is 8.97. The van der Waals surface area contributed by atoms with Gasteiger partial charge in [-0.25, -0.2) is 0 Å². The number of thiol groups is 1. The first-order valence-corrected chi connectivity index (χ1v) is 4.22. The van der Waals surface area contributed by atoms with Crippen LogP contribution in [-0.4, -0.2) is 7.11 Å². The largest absolute Gasteiger partial charge is 0.497 e. The number of hydrogen-bond acceptors (Lipinski definition) is 2. The van der Waals surface area contributed by atoms with Crippen molar-refractivity contribution in [1.82, 2.24) is 0 Å². The standard InChI is InChI=1S/C10H12OS/c1-3-4-8-7-9(11-2)5-6-10(8)12/h3-7,12H,1-2H3/b4-3+. The first kappa shape index (κ1) is 9.20. The van der Waals surface area contributed by atoms with Crippen molar-refractivity contribution in [2.45, 2.75) is 11.8 Å². The summed E-state index contributed by atoms with van der Waals surface area (Å²) in [6, 6.07) is 5.79. The Balaban J connectivity index is 3.08. The van der Waals surface area contributed by atoms with Crippen molar-refractivity contribution in [3.8, 4) is 5.75 Å². The van der Waals surface area contributed by atoms with Crippen LogP contribution in [0.15, 0.2) is 29.2 Å². The summed E-state index contributed by atoms with van der Waals surface area (Å²) in [5.74, 6) is 0.862. The fourth-order valence-corrected chi connectivity index (χ4v) is 1.19. The maximum Gasteiger partial charge on any atom is 0.119 e. The molecule has 0 saturated heterocycles. The van der Waals surface area contributed by atoms with Crippen LogP contribution in [0.1, 0.15) is 12.5 Å². The maximum atomic E-state index is 5.09. The highest BCUT2D eigenvalue weighted by atomic mass is 32.1. The Morgan fingerprint density at radius 3 is 2.75 bits per heavy atom. The second-order valence-corrected chi connectivity index (χ2v) is 2.91. The molecule has 2 heteroatoms. The fourth-order valence-electron chi connectivity index (χ4n) is 0.973. The SMILES string of the molecule is C/C=C/c1cc(OC)ccc1S. The van der Waals surface area contributed by atoms with E-state index in [-0.39, 0.29) is 0 Å². The van der Waals surface area contributed by atoms with Gasteiger partial charge in [0.15, 0.2) is 0 Å². The molecule has 1 aromatic rings. The summed E-state index contributed by atoms with van der Waals surface area (Å²) < 4.78 is 5.09. The number of hydrogen-bond donors (Lipinski definition) is 1. The van der Waals surface area contributed by atoms with Crippen LogP contribution in [0, 0.1) is 0 Å². The van der Waals surface area contributed by atoms with Crippen molar-refractivity contribution in [2.24, 2.45) is 0 Å². The summed E-state index contributed by atoms with van der Waals surface area (Å²) in [5, 5.41) is 0. The van der Waals surface area contributed by atoms with E-state index in [0.29, 0.717) is 0 Å². The molecule has 1 rings (SSSR count). The third kappa shape index (κ3) is 2.05. The Bertz CT molecular complexity index is 292. The molecule has 12 heavy (non-hydrogen) atoms. The Morgan fingerprint density at radius 1 is 1.42 bits per heavy atom. The van der Waals surface area contributed by atoms with Gasteiger partial charge in [-0.2, -0.15) is 0 Å². The van der Waals surface area contributed by atoms with Crippen molar-refractivity contribution in [3.05, 3.63) is 29.8 Å². The van der Waals surface area contributed by atoms with Gasteiger partial charge >= 0.3 is 0 Å². The van der Waals surface area contributed by atoms with E-state index in [1.54, 1.807) is 7.11 Å². The number of allylic oxidation sites excluding steroid dienone is 1. The average molecular weight is 180 g/mol. The van der Waals surface area contributed by atoms with Crippen molar-refractivity contribution < 1.29 is 4.74 Å². The van der Waals surface area contributed by atoms with Crippen LogP contribution < -0.4 is 4.74 Å². The van der Waals surface area contributed by atoms with Crippen molar-refractivity contribution in [1.29, 1.82) is 0 Å². The van der Waals surface area contributed by atoms with Gasteiger partial charge < -0.3 is 4.74 Å². The Labute approximate surface area is 78.5 Å². The topological polar surface area (TPSA) is 9.23 Å². The number of ether oxygens (including phenoxy) is 1. The lowest BCUT2D eigenvalue weighted by Crippen LogP contribution is -1.83. The maximum absolute atomic E-state index is 5.09. The van der Waals surface area contributed by atoms with E-state index in [1.165, 1.54) is 0 Å². The molecule has 0 heterocycles. The second kappa shape index (κ2) is 4.21. The van der Waals surface area contributed by atoms with Gasteiger partial charge in [0, 0.05) is 4.90 Å². The van der Waals surface area contributed by atoms with E-state index in [4.69, 9.17) is 4.74 Å². The summed E-state index contributed by atoms with van der Waals surface area (Å²) >= 11 is 4.31. The van der Waals surface area contributed by atoms with Gasteiger partial charge in [0.25, 0.3) is 0 Å². The molecule has 0 aromatic heterocycles. The van der Waals surface area contributed by atoms with Crippen LogP contribution in [0.5, 0.6) is 5.75 Å².